The van der Waals surface area contributed by atoms with Gasteiger partial charge in [0, 0.05) is 21.8 Å². The topological polar surface area (TPSA) is 88.4 Å². The van der Waals surface area contributed by atoms with Gasteiger partial charge in [-0.15, -0.1) is 0 Å². The summed E-state index contributed by atoms with van der Waals surface area (Å²) in [5.41, 5.74) is 2.12. The lowest BCUT2D eigenvalue weighted by Gasteiger charge is -2.13. The Kier molecular flexibility index (Phi) is 8.19. The van der Waals surface area contributed by atoms with Crippen LogP contribution in [0.3, 0.4) is 0 Å². The Hall–Kier alpha value is -4.60. The van der Waals surface area contributed by atoms with Gasteiger partial charge >= 0.3 is 5.97 Å². The summed E-state index contributed by atoms with van der Waals surface area (Å²) in [6, 6.07) is 27.0. The van der Waals surface area contributed by atoms with E-state index in [1.807, 2.05) is 60.7 Å². The third-order valence-electron chi connectivity index (χ3n) is 5.58. The first-order valence-electron chi connectivity index (χ1n) is 11.6. The number of nitriles is 1. The van der Waals surface area contributed by atoms with E-state index in [1.165, 1.54) is 6.08 Å². The van der Waals surface area contributed by atoms with Crippen molar-refractivity contribution in [3.8, 4) is 11.8 Å². The van der Waals surface area contributed by atoms with Gasteiger partial charge in [0.25, 0.3) is 5.91 Å². The molecule has 4 aromatic rings. The van der Waals surface area contributed by atoms with E-state index in [4.69, 9.17) is 21.1 Å². The molecule has 0 aliphatic heterocycles. The van der Waals surface area contributed by atoms with Crippen LogP contribution in [0.25, 0.3) is 16.8 Å². The van der Waals surface area contributed by atoms with Gasteiger partial charge in [-0.05, 0) is 60.2 Å². The van der Waals surface area contributed by atoms with Crippen LogP contribution in [0.15, 0.2) is 90.5 Å². The van der Waals surface area contributed by atoms with Gasteiger partial charge in [-0.3, -0.25) is 4.79 Å². The Labute approximate surface area is 219 Å². The van der Waals surface area contributed by atoms with Gasteiger partial charge in [0.2, 0.25) is 0 Å². The summed E-state index contributed by atoms with van der Waals surface area (Å²) in [4.78, 5) is 24.8. The van der Waals surface area contributed by atoms with Gasteiger partial charge in [0.1, 0.15) is 24.0 Å². The van der Waals surface area contributed by atoms with E-state index >= 15 is 0 Å². The average Bonchev–Trinajstić information content (AvgIpc) is 2.92. The summed E-state index contributed by atoms with van der Waals surface area (Å²) < 4.78 is 11.1. The largest absolute Gasteiger partial charge is 0.488 e. The van der Waals surface area contributed by atoms with Crippen molar-refractivity contribution in [2.24, 2.45) is 0 Å². The molecule has 0 aliphatic carbocycles. The number of nitrogens with zero attached hydrogens (tertiary/aromatic N) is 1. The van der Waals surface area contributed by atoms with Crippen LogP contribution in [0.4, 0.5) is 5.69 Å². The number of anilines is 1. The normalized spacial score (nSPS) is 11.0. The molecule has 0 unspecified atom stereocenters. The van der Waals surface area contributed by atoms with Gasteiger partial charge in [-0.25, -0.2) is 4.79 Å². The van der Waals surface area contributed by atoms with E-state index in [1.54, 1.807) is 37.3 Å². The molecular weight excluding hydrogens is 488 g/mol. The molecule has 0 radical (unpaired) electrons. The molecule has 0 fully saturated rings. The smallest absolute Gasteiger partial charge is 0.338 e. The zero-order valence-electron chi connectivity index (χ0n) is 20.0. The Bertz CT molecular complexity index is 1520. The molecule has 0 bridgehead atoms. The Morgan fingerprint density at radius 1 is 0.973 bits per heavy atom. The lowest BCUT2D eigenvalue weighted by atomic mass is 10.0. The Balaban J connectivity index is 1.63. The second kappa shape index (κ2) is 11.9. The van der Waals surface area contributed by atoms with Crippen molar-refractivity contribution in [2.75, 3.05) is 11.9 Å². The number of benzene rings is 4. The summed E-state index contributed by atoms with van der Waals surface area (Å²) in [6.07, 6.45) is 1.52. The molecular formula is C30H23ClN2O4. The number of hydrogen-bond acceptors (Lipinski definition) is 5. The van der Waals surface area contributed by atoms with E-state index in [0.29, 0.717) is 27.6 Å². The third-order valence-corrected chi connectivity index (χ3v) is 5.95. The number of carbonyl (C=O) groups excluding carboxylic acids is 2. The lowest BCUT2D eigenvalue weighted by Crippen LogP contribution is -2.14. The number of rotatable bonds is 8. The molecule has 0 spiro atoms. The Morgan fingerprint density at radius 3 is 2.43 bits per heavy atom. The van der Waals surface area contributed by atoms with Crippen molar-refractivity contribution in [1.82, 2.24) is 0 Å². The molecule has 0 atom stereocenters. The van der Waals surface area contributed by atoms with E-state index in [-0.39, 0.29) is 18.8 Å². The first kappa shape index (κ1) is 25.5. The van der Waals surface area contributed by atoms with E-state index in [2.05, 4.69) is 5.32 Å². The van der Waals surface area contributed by atoms with Gasteiger partial charge in [0.05, 0.1) is 12.2 Å². The summed E-state index contributed by atoms with van der Waals surface area (Å²) in [7, 11) is 0. The molecule has 0 aromatic heterocycles. The van der Waals surface area contributed by atoms with Crippen molar-refractivity contribution in [1.29, 1.82) is 5.26 Å². The molecule has 37 heavy (non-hydrogen) atoms. The first-order valence-corrected chi connectivity index (χ1v) is 12.0. The van der Waals surface area contributed by atoms with E-state index < -0.39 is 11.9 Å². The van der Waals surface area contributed by atoms with Crippen molar-refractivity contribution in [2.45, 2.75) is 13.5 Å². The molecule has 0 saturated heterocycles. The van der Waals surface area contributed by atoms with Crippen molar-refractivity contribution >= 4 is 46.0 Å². The van der Waals surface area contributed by atoms with Crippen LogP contribution in [-0.2, 0) is 16.1 Å². The second-order valence-electron chi connectivity index (χ2n) is 8.00. The van der Waals surface area contributed by atoms with Crippen molar-refractivity contribution in [3.63, 3.8) is 0 Å². The predicted molar refractivity (Wildman–Crippen MR) is 144 cm³/mol. The maximum absolute atomic E-state index is 13.0. The highest BCUT2D eigenvalue weighted by Crippen LogP contribution is 2.31. The van der Waals surface area contributed by atoms with Crippen LogP contribution >= 0.6 is 11.6 Å². The van der Waals surface area contributed by atoms with E-state index in [9.17, 15) is 14.9 Å². The third kappa shape index (κ3) is 6.16. The highest BCUT2D eigenvalue weighted by atomic mass is 35.5. The fourth-order valence-electron chi connectivity index (χ4n) is 3.72. The molecule has 4 rings (SSSR count). The highest BCUT2D eigenvalue weighted by molar-refractivity contribution is 6.31. The average molecular weight is 511 g/mol. The molecule has 4 aromatic carbocycles. The summed E-state index contributed by atoms with van der Waals surface area (Å²) in [5.74, 6) is -0.521. The van der Waals surface area contributed by atoms with E-state index in [0.717, 1.165) is 16.3 Å². The highest BCUT2D eigenvalue weighted by Gasteiger charge is 2.15. The number of esters is 1. The second-order valence-corrected chi connectivity index (χ2v) is 8.41. The summed E-state index contributed by atoms with van der Waals surface area (Å²) >= 11 is 6.28. The number of ether oxygens (including phenoxy) is 2. The van der Waals surface area contributed by atoms with Gasteiger partial charge in [-0.2, -0.15) is 5.26 Å². The minimum absolute atomic E-state index is 0.103. The fourth-order valence-corrected chi connectivity index (χ4v) is 3.91. The molecule has 1 amide bonds. The van der Waals surface area contributed by atoms with Crippen LogP contribution in [-0.4, -0.2) is 18.5 Å². The minimum atomic E-state index is -0.587. The number of fused-ring (bicyclic) bond motifs is 1. The van der Waals surface area contributed by atoms with Crippen LogP contribution < -0.4 is 10.1 Å². The Morgan fingerprint density at radius 2 is 1.70 bits per heavy atom. The molecule has 0 aliphatic rings. The minimum Gasteiger partial charge on any atom is -0.488 e. The van der Waals surface area contributed by atoms with Crippen LogP contribution in [0.5, 0.6) is 5.75 Å². The molecule has 184 valence electrons. The summed E-state index contributed by atoms with van der Waals surface area (Å²) in [6.45, 7) is 2.22. The number of hydrogen-bond donors (Lipinski definition) is 1. The zero-order chi connectivity index (χ0) is 26.2. The number of amides is 1. The van der Waals surface area contributed by atoms with Crippen molar-refractivity contribution in [3.05, 3.63) is 112 Å². The monoisotopic (exact) mass is 510 g/mol. The van der Waals surface area contributed by atoms with Crippen LogP contribution in [0.2, 0.25) is 5.02 Å². The predicted octanol–water partition coefficient (Wildman–Crippen LogP) is 6.79. The fraction of sp³-hybridized carbons (Fsp3) is 0.100. The maximum Gasteiger partial charge on any atom is 0.338 e. The van der Waals surface area contributed by atoms with Crippen LogP contribution in [0.1, 0.15) is 28.4 Å². The SMILES string of the molecule is CCOC(=O)c1ccc(NC(=O)/C(C#N)=C/c2c(OCc3ccccc3Cl)ccc3ccccc23)cc1. The lowest BCUT2D eigenvalue weighted by molar-refractivity contribution is -0.112. The summed E-state index contributed by atoms with van der Waals surface area (Å²) in [5, 5.41) is 14.9. The number of carbonyl (C=O) groups is 2. The van der Waals surface area contributed by atoms with Gasteiger partial charge in [-0.1, -0.05) is 60.1 Å². The standard InChI is InChI=1S/C30H23ClN2O4/c1-2-36-30(35)21-11-14-24(15-12-21)33-29(34)23(18-32)17-26-25-9-5-3-7-20(25)13-16-28(26)37-19-22-8-4-6-10-27(22)31/h3-17H,2,19H2,1H3,(H,33,34)/b23-17+. The molecule has 0 saturated carbocycles. The number of nitrogens with one attached hydrogen (secondary N) is 1. The molecule has 6 nitrogen and oxygen atoms in total. The van der Waals surface area contributed by atoms with Crippen molar-refractivity contribution < 1.29 is 19.1 Å². The quantitative estimate of drug-likeness (QED) is 0.160. The maximum atomic E-state index is 13.0. The van der Waals surface area contributed by atoms with Gasteiger partial charge in [0.15, 0.2) is 0 Å². The molecule has 0 heterocycles. The van der Waals surface area contributed by atoms with Gasteiger partial charge < -0.3 is 14.8 Å². The molecule has 7 heteroatoms. The van der Waals surface area contributed by atoms with Crippen LogP contribution in [0, 0.1) is 11.3 Å². The molecule has 1 N–H and O–H groups in total. The number of halogens is 1. The zero-order valence-corrected chi connectivity index (χ0v) is 20.8. The first-order chi connectivity index (χ1) is 18.0.